The number of rotatable bonds is 8. The molecule has 3 aromatic rings. The Balaban J connectivity index is 1.70. The largest absolute Gasteiger partial charge is 0.449 e. The Morgan fingerprint density at radius 1 is 1.09 bits per heavy atom. The highest BCUT2D eigenvalue weighted by molar-refractivity contribution is 6.35. The van der Waals surface area contributed by atoms with E-state index in [1.54, 1.807) is 42.5 Å². The SMILES string of the molecule is CN(C)CCCOC(=O)Nc1cccc(Cn2nc(-c3cc(Cl)cc(Cl)c3)ccc2=O)c1. The summed E-state index contributed by atoms with van der Waals surface area (Å²) in [5.41, 5.74) is 2.41. The molecule has 0 aliphatic carbocycles. The number of nitrogens with one attached hydrogen (secondary N) is 1. The third-order valence-electron chi connectivity index (χ3n) is 4.51. The van der Waals surface area contributed by atoms with Crippen LogP contribution in [-0.4, -0.2) is 48.0 Å². The number of carbonyl (C=O) groups excluding carboxylic acids is 1. The van der Waals surface area contributed by atoms with Gasteiger partial charge in [0.05, 0.1) is 18.8 Å². The Labute approximate surface area is 196 Å². The van der Waals surface area contributed by atoms with E-state index < -0.39 is 6.09 Å². The molecule has 7 nitrogen and oxygen atoms in total. The third kappa shape index (κ3) is 7.09. The van der Waals surface area contributed by atoms with Crippen molar-refractivity contribution in [3.63, 3.8) is 0 Å². The molecule has 0 atom stereocenters. The number of nitrogens with zero attached hydrogens (tertiary/aromatic N) is 3. The van der Waals surface area contributed by atoms with Gasteiger partial charge in [0.1, 0.15) is 0 Å². The smallest absolute Gasteiger partial charge is 0.411 e. The molecule has 0 radical (unpaired) electrons. The minimum Gasteiger partial charge on any atom is -0.449 e. The molecular weight excluding hydrogens is 451 g/mol. The van der Waals surface area contributed by atoms with Crippen molar-refractivity contribution in [3.8, 4) is 11.3 Å². The summed E-state index contributed by atoms with van der Waals surface area (Å²) < 4.78 is 6.54. The van der Waals surface area contributed by atoms with Crippen molar-refractivity contribution >= 4 is 35.0 Å². The predicted molar refractivity (Wildman–Crippen MR) is 128 cm³/mol. The molecule has 0 spiro atoms. The molecule has 9 heteroatoms. The van der Waals surface area contributed by atoms with Gasteiger partial charge >= 0.3 is 6.09 Å². The summed E-state index contributed by atoms with van der Waals surface area (Å²) in [4.78, 5) is 26.4. The highest BCUT2D eigenvalue weighted by Gasteiger charge is 2.08. The third-order valence-corrected chi connectivity index (χ3v) is 4.95. The molecule has 3 rings (SSSR count). The Kier molecular flexibility index (Phi) is 8.27. The van der Waals surface area contributed by atoms with Gasteiger partial charge in [-0.25, -0.2) is 9.48 Å². The van der Waals surface area contributed by atoms with E-state index in [0.717, 1.165) is 18.5 Å². The highest BCUT2D eigenvalue weighted by Crippen LogP contribution is 2.25. The van der Waals surface area contributed by atoms with Gasteiger partial charge in [0.15, 0.2) is 0 Å². The van der Waals surface area contributed by atoms with E-state index in [1.807, 2.05) is 25.1 Å². The average molecular weight is 475 g/mol. The Morgan fingerprint density at radius 3 is 2.56 bits per heavy atom. The number of amides is 1. The Bertz CT molecular complexity index is 1130. The van der Waals surface area contributed by atoms with Crippen LogP contribution in [0, 0.1) is 0 Å². The van der Waals surface area contributed by atoms with Crippen molar-refractivity contribution in [2.75, 3.05) is 32.6 Å². The number of carbonyl (C=O) groups is 1. The number of halogens is 2. The normalized spacial score (nSPS) is 10.9. The van der Waals surface area contributed by atoms with Gasteiger partial charge in [0.25, 0.3) is 5.56 Å². The molecule has 0 aliphatic rings. The Hall–Kier alpha value is -2.87. The van der Waals surface area contributed by atoms with Gasteiger partial charge in [0, 0.05) is 33.9 Å². The lowest BCUT2D eigenvalue weighted by atomic mass is 10.1. The maximum absolute atomic E-state index is 12.4. The van der Waals surface area contributed by atoms with Crippen LogP contribution in [0.2, 0.25) is 10.0 Å². The van der Waals surface area contributed by atoms with Gasteiger partial charge in [-0.15, -0.1) is 0 Å². The lowest BCUT2D eigenvalue weighted by molar-refractivity contribution is 0.156. The molecule has 168 valence electrons. The van der Waals surface area contributed by atoms with E-state index in [1.165, 1.54) is 10.7 Å². The van der Waals surface area contributed by atoms with E-state index in [9.17, 15) is 9.59 Å². The molecule has 1 heterocycles. The molecule has 0 unspecified atom stereocenters. The van der Waals surface area contributed by atoms with Gasteiger partial charge in [-0.1, -0.05) is 35.3 Å². The molecule has 1 N–H and O–H groups in total. The van der Waals surface area contributed by atoms with Gasteiger partial charge in [-0.2, -0.15) is 5.10 Å². The number of hydrogen-bond acceptors (Lipinski definition) is 5. The molecule has 0 saturated heterocycles. The van der Waals surface area contributed by atoms with Crippen molar-refractivity contribution in [2.45, 2.75) is 13.0 Å². The first-order chi connectivity index (χ1) is 15.3. The fourth-order valence-electron chi connectivity index (χ4n) is 3.04. The maximum Gasteiger partial charge on any atom is 0.411 e. The molecule has 0 bridgehead atoms. The lowest BCUT2D eigenvalue weighted by Crippen LogP contribution is -2.23. The van der Waals surface area contributed by atoms with E-state index >= 15 is 0 Å². The van der Waals surface area contributed by atoms with Crippen LogP contribution in [0.5, 0.6) is 0 Å². The first-order valence-electron chi connectivity index (χ1n) is 10.0. The van der Waals surface area contributed by atoms with E-state index in [0.29, 0.717) is 33.6 Å². The maximum atomic E-state index is 12.4. The van der Waals surface area contributed by atoms with Crippen molar-refractivity contribution < 1.29 is 9.53 Å². The monoisotopic (exact) mass is 474 g/mol. The molecular formula is C23H24Cl2N4O3. The van der Waals surface area contributed by atoms with Gasteiger partial charge < -0.3 is 9.64 Å². The topological polar surface area (TPSA) is 76.5 Å². The lowest BCUT2D eigenvalue weighted by Gasteiger charge is -2.11. The second-order valence-electron chi connectivity index (χ2n) is 7.49. The van der Waals surface area contributed by atoms with Crippen LogP contribution in [0.4, 0.5) is 10.5 Å². The van der Waals surface area contributed by atoms with Crippen LogP contribution in [0.15, 0.2) is 59.4 Å². The zero-order valence-electron chi connectivity index (χ0n) is 17.8. The summed E-state index contributed by atoms with van der Waals surface area (Å²) in [6, 6.07) is 15.4. The summed E-state index contributed by atoms with van der Waals surface area (Å²) in [5.74, 6) is 0. The second-order valence-corrected chi connectivity index (χ2v) is 8.36. The average Bonchev–Trinajstić information content (AvgIpc) is 2.72. The molecule has 32 heavy (non-hydrogen) atoms. The Morgan fingerprint density at radius 2 is 1.84 bits per heavy atom. The molecule has 1 amide bonds. The number of benzene rings is 2. The summed E-state index contributed by atoms with van der Waals surface area (Å²) in [6.45, 7) is 1.41. The van der Waals surface area contributed by atoms with Crippen LogP contribution in [0.25, 0.3) is 11.3 Å². The predicted octanol–water partition coefficient (Wildman–Crippen LogP) is 4.77. The zero-order chi connectivity index (χ0) is 23.1. The number of ether oxygens (including phenoxy) is 1. The van der Waals surface area contributed by atoms with Crippen LogP contribution < -0.4 is 10.9 Å². The first kappa shape index (κ1) is 23.8. The van der Waals surface area contributed by atoms with E-state index in [-0.39, 0.29) is 12.1 Å². The summed E-state index contributed by atoms with van der Waals surface area (Å²) in [7, 11) is 3.93. The van der Waals surface area contributed by atoms with Crippen molar-refractivity contribution in [1.82, 2.24) is 14.7 Å². The molecule has 1 aromatic heterocycles. The van der Waals surface area contributed by atoms with Crippen molar-refractivity contribution in [3.05, 3.63) is 80.6 Å². The number of hydrogen-bond donors (Lipinski definition) is 1. The first-order valence-corrected chi connectivity index (χ1v) is 10.8. The van der Waals surface area contributed by atoms with Crippen molar-refractivity contribution in [2.24, 2.45) is 0 Å². The second kappa shape index (κ2) is 11.1. The summed E-state index contributed by atoms with van der Waals surface area (Å²) in [6.07, 6.45) is 0.236. The molecule has 0 fully saturated rings. The standard InChI is InChI=1S/C23H24Cl2N4O3/c1-28(2)9-4-10-32-23(31)26-20-6-3-5-16(11-20)15-29-22(30)8-7-21(27-29)17-12-18(24)14-19(25)13-17/h3,5-8,11-14H,4,9-10,15H2,1-2H3,(H,26,31). The number of aromatic nitrogens is 2. The van der Waals surface area contributed by atoms with Crippen LogP contribution in [0.3, 0.4) is 0 Å². The molecule has 0 aliphatic heterocycles. The van der Waals surface area contributed by atoms with Gasteiger partial charge in [-0.3, -0.25) is 10.1 Å². The van der Waals surface area contributed by atoms with Crippen LogP contribution in [0.1, 0.15) is 12.0 Å². The van der Waals surface area contributed by atoms with E-state index in [4.69, 9.17) is 27.9 Å². The van der Waals surface area contributed by atoms with Crippen LogP contribution in [-0.2, 0) is 11.3 Å². The zero-order valence-corrected chi connectivity index (χ0v) is 19.4. The summed E-state index contributed by atoms with van der Waals surface area (Å²) >= 11 is 12.2. The van der Waals surface area contributed by atoms with Gasteiger partial charge in [-0.05, 0) is 62.5 Å². The van der Waals surface area contributed by atoms with Gasteiger partial charge in [0.2, 0.25) is 0 Å². The van der Waals surface area contributed by atoms with Crippen molar-refractivity contribution in [1.29, 1.82) is 0 Å². The minimum absolute atomic E-state index is 0.231. The highest BCUT2D eigenvalue weighted by atomic mass is 35.5. The van der Waals surface area contributed by atoms with E-state index in [2.05, 4.69) is 10.4 Å². The fraction of sp³-hybridized carbons (Fsp3) is 0.261. The molecule has 2 aromatic carbocycles. The number of anilines is 1. The minimum atomic E-state index is -0.518. The van der Waals surface area contributed by atoms with Crippen LogP contribution >= 0.6 is 23.2 Å². The fourth-order valence-corrected chi connectivity index (χ4v) is 3.56. The molecule has 0 saturated carbocycles. The summed E-state index contributed by atoms with van der Waals surface area (Å²) in [5, 5.41) is 8.13. The quantitative estimate of drug-likeness (QED) is 0.476.